The van der Waals surface area contributed by atoms with Gasteiger partial charge in [-0.25, -0.2) is 4.79 Å². The lowest BCUT2D eigenvalue weighted by Crippen LogP contribution is -2.29. The number of phenolic OH excluding ortho intramolecular Hbond substituents is 1. The standard InChI is InChI=1S/C28H21N3O6/c29-15-21-13-20(9-10-24(21)32)27(34)30-16-25(33)26-23(11-12-36-26)19-7-4-8-22(14-19)31-28(35)37-17-18-5-2-1-3-6-18/h1-14,32H,16-17H2,(H,30,34)(H,31,35). The maximum absolute atomic E-state index is 12.8. The highest BCUT2D eigenvalue weighted by molar-refractivity contribution is 6.04. The summed E-state index contributed by atoms with van der Waals surface area (Å²) in [5.41, 5.74) is 2.49. The Morgan fingerprint density at radius 3 is 2.57 bits per heavy atom. The Labute approximate surface area is 211 Å². The Morgan fingerprint density at radius 2 is 1.78 bits per heavy atom. The van der Waals surface area contributed by atoms with Gasteiger partial charge in [0.25, 0.3) is 5.91 Å². The minimum atomic E-state index is -0.624. The number of amides is 2. The smallest absolute Gasteiger partial charge is 0.411 e. The molecule has 0 saturated heterocycles. The predicted octanol–water partition coefficient (Wildman–Crippen LogP) is 4.89. The number of phenols is 1. The molecule has 9 nitrogen and oxygen atoms in total. The summed E-state index contributed by atoms with van der Waals surface area (Å²) in [5.74, 6) is -1.27. The lowest BCUT2D eigenvalue weighted by molar-refractivity contribution is 0.0893. The molecule has 0 bridgehead atoms. The molecule has 184 valence electrons. The number of furan rings is 1. The molecule has 1 aromatic heterocycles. The fourth-order valence-electron chi connectivity index (χ4n) is 3.50. The Morgan fingerprint density at radius 1 is 0.973 bits per heavy atom. The van der Waals surface area contributed by atoms with Gasteiger partial charge in [-0.2, -0.15) is 5.26 Å². The molecule has 1 heterocycles. The number of nitriles is 1. The van der Waals surface area contributed by atoms with Crippen LogP contribution in [0.3, 0.4) is 0 Å². The van der Waals surface area contributed by atoms with E-state index < -0.39 is 17.8 Å². The van der Waals surface area contributed by atoms with E-state index in [1.807, 2.05) is 30.3 Å². The molecule has 0 unspecified atom stereocenters. The Balaban J connectivity index is 1.39. The average molecular weight is 495 g/mol. The fraction of sp³-hybridized carbons (Fsp3) is 0.0714. The van der Waals surface area contributed by atoms with E-state index in [0.717, 1.165) is 5.56 Å². The molecule has 3 N–H and O–H groups in total. The van der Waals surface area contributed by atoms with E-state index in [4.69, 9.17) is 14.4 Å². The van der Waals surface area contributed by atoms with E-state index in [-0.39, 0.29) is 35.8 Å². The molecule has 0 atom stereocenters. The largest absolute Gasteiger partial charge is 0.507 e. The number of ketones is 1. The molecule has 4 rings (SSSR count). The topological polar surface area (TPSA) is 142 Å². The quantitative estimate of drug-likeness (QED) is 0.296. The molecule has 0 fully saturated rings. The van der Waals surface area contributed by atoms with Crippen LogP contribution in [0.5, 0.6) is 5.75 Å². The zero-order valence-electron chi connectivity index (χ0n) is 19.4. The summed E-state index contributed by atoms with van der Waals surface area (Å²) in [6.45, 7) is -0.230. The summed E-state index contributed by atoms with van der Waals surface area (Å²) in [6, 6.07) is 23.3. The third-order valence-electron chi connectivity index (χ3n) is 5.34. The number of hydrogen-bond acceptors (Lipinski definition) is 7. The molecule has 9 heteroatoms. The van der Waals surface area contributed by atoms with Crippen LogP contribution in [0.2, 0.25) is 0 Å². The number of carbonyl (C=O) groups is 3. The van der Waals surface area contributed by atoms with Crippen LogP contribution in [-0.2, 0) is 11.3 Å². The minimum Gasteiger partial charge on any atom is -0.507 e. The van der Waals surface area contributed by atoms with Gasteiger partial charge in [-0.05, 0) is 47.5 Å². The number of Topliss-reactive ketones (excluding diaryl/α,β-unsaturated/α-hetero) is 1. The molecule has 2 amide bonds. The van der Waals surface area contributed by atoms with E-state index in [2.05, 4.69) is 10.6 Å². The van der Waals surface area contributed by atoms with Crippen molar-refractivity contribution in [3.63, 3.8) is 0 Å². The van der Waals surface area contributed by atoms with Gasteiger partial charge in [0, 0.05) is 16.8 Å². The van der Waals surface area contributed by atoms with E-state index in [0.29, 0.717) is 16.8 Å². The second-order valence-electron chi connectivity index (χ2n) is 7.88. The molecule has 0 spiro atoms. The van der Waals surface area contributed by atoms with Crippen molar-refractivity contribution in [3.05, 3.63) is 108 Å². The van der Waals surface area contributed by atoms with Crippen molar-refractivity contribution in [3.8, 4) is 22.9 Å². The highest BCUT2D eigenvalue weighted by atomic mass is 16.5. The Hall–Kier alpha value is -5.36. The normalized spacial score (nSPS) is 10.2. The van der Waals surface area contributed by atoms with E-state index in [9.17, 15) is 19.5 Å². The monoisotopic (exact) mass is 495 g/mol. The summed E-state index contributed by atoms with van der Waals surface area (Å²) >= 11 is 0. The molecule has 3 aromatic carbocycles. The van der Waals surface area contributed by atoms with Crippen LogP contribution >= 0.6 is 0 Å². The van der Waals surface area contributed by atoms with E-state index >= 15 is 0 Å². The van der Waals surface area contributed by atoms with Gasteiger partial charge in [0.2, 0.25) is 5.78 Å². The van der Waals surface area contributed by atoms with Crippen LogP contribution in [0.15, 0.2) is 89.5 Å². The van der Waals surface area contributed by atoms with Crippen molar-refractivity contribution in [1.82, 2.24) is 5.32 Å². The maximum atomic E-state index is 12.8. The van der Waals surface area contributed by atoms with Crippen LogP contribution in [0, 0.1) is 11.3 Å². The van der Waals surface area contributed by atoms with Gasteiger partial charge < -0.3 is 19.6 Å². The van der Waals surface area contributed by atoms with Crippen molar-refractivity contribution in [2.75, 3.05) is 11.9 Å². The summed E-state index contributed by atoms with van der Waals surface area (Å²) in [7, 11) is 0. The fourth-order valence-corrected chi connectivity index (χ4v) is 3.50. The SMILES string of the molecule is N#Cc1cc(C(=O)NCC(=O)c2occc2-c2cccc(NC(=O)OCc3ccccc3)c2)ccc1O. The van der Waals surface area contributed by atoms with Crippen molar-refractivity contribution in [2.24, 2.45) is 0 Å². The van der Waals surface area contributed by atoms with E-state index in [1.54, 1.807) is 36.4 Å². The molecule has 0 aliphatic carbocycles. The van der Waals surface area contributed by atoms with Crippen LogP contribution < -0.4 is 10.6 Å². The van der Waals surface area contributed by atoms with Gasteiger partial charge in [0.05, 0.1) is 18.4 Å². The summed E-state index contributed by atoms with van der Waals surface area (Å²) in [6.07, 6.45) is 0.735. The molecule has 0 radical (unpaired) electrons. The minimum absolute atomic E-state index is 0.0347. The zero-order valence-corrected chi connectivity index (χ0v) is 19.4. The first kappa shape index (κ1) is 24.8. The summed E-state index contributed by atoms with van der Waals surface area (Å²) < 4.78 is 10.6. The number of nitrogens with one attached hydrogen (secondary N) is 2. The first-order valence-corrected chi connectivity index (χ1v) is 11.1. The van der Waals surface area contributed by atoms with Gasteiger partial charge in [-0.1, -0.05) is 42.5 Å². The maximum Gasteiger partial charge on any atom is 0.411 e. The van der Waals surface area contributed by atoms with Gasteiger partial charge in [-0.3, -0.25) is 14.9 Å². The number of aromatic hydroxyl groups is 1. The third kappa shape index (κ3) is 6.21. The lowest BCUT2D eigenvalue weighted by atomic mass is 10.0. The number of hydrogen-bond donors (Lipinski definition) is 3. The summed E-state index contributed by atoms with van der Waals surface area (Å²) in [4.78, 5) is 37.4. The molecule has 4 aromatic rings. The lowest BCUT2D eigenvalue weighted by Gasteiger charge is -2.09. The van der Waals surface area contributed by atoms with E-state index in [1.165, 1.54) is 24.5 Å². The van der Waals surface area contributed by atoms with Crippen molar-refractivity contribution >= 4 is 23.5 Å². The zero-order chi connectivity index (χ0) is 26.2. The highest BCUT2D eigenvalue weighted by Gasteiger charge is 2.19. The van der Waals surface area contributed by atoms with Gasteiger partial charge in [-0.15, -0.1) is 0 Å². The van der Waals surface area contributed by atoms with Crippen molar-refractivity contribution in [1.29, 1.82) is 5.26 Å². The Kier molecular flexibility index (Phi) is 7.61. The van der Waals surface area contributed by atoms with Crippen molar-refractivity contribution in [2.45, 2.75) is 6.61 Å². The highest BCUT2D eigenvalue weighted by Crippen LogP contribution is 2.28. The van der Waals surface area contributed by atoms with Crippen LogP contribution in [0.4, 0.5) is 10.5 Å². The van der Waals surface area contributed by atoms with Crippen LogP contribution in [0.25, 0.3) is 11.1 Å². The first-order valence-electron chi connectivity index (χ1n) is 11.1. The molecule has 0 aliphatic rings. The second kappa shape index (κ2) is 11.4. The van der Waals surface area contributed by atoms with Gasteiger partial charge in [0.15, 0.2) is 5.76 Å². The molecule has 37 heavy (non-hydrogen) atoms. The molecule has 0 saturated carbocycles. The average Bonchev–Trinajstić information content (AvgIpc) is 3.42. The van der Waals surface area contributed by atoms with Crippen LogP contribution in [-0.4, -0.2) is 29.4 Å². The van der Waals surface area contributed by atoms with Crippen molar-refractivity contribution < 1.29 is 28.6 Å². The van der Waals surface area contributed by atoms with Crippen LogP contribution in [0.1, 0.15) is 32.0 Å². The summed E-state index contributed by atoms with van der Waals surface area (Å²) in [5, 5.41) is 23.7. The second-order valence-corrected chi connectivity index (χ2v) is 7.88. The number of benzene rings is 3. The molecular formula is C28H21N3O6. The predicted molar refractivity (Wildman–Crippen MR) is 134 cm³/mol. The molecule has 0 aliphatic heterocycles. The number of rotatable bonds is 8. The number of ether oxygens (including phenoxy) is 1. The number of nitrogens with zero attached hydrogens (tertiary/aromatic N) is 1. The number of carbonyl (C=O) groups excluding carboxylic acids is 3. The molecular weight excluding hydrogens is 474 g/mol. The number of anilines is 1. The van der Waals surface area contributed by atoms with Gasteiger partial charge >= 0.3 is 6.09 Å². The Bertz CT molecular complexity index is 1490. The van der Waals surface area contributed by atoms with Gasteiger partial charge in [0.1, 0.15) is 18.4 Å². The third-order valence-corrected chi connectivity index (χ3v) is 5.34. The first-order chi connectivity index (χ1) is 17.9.